The lowest BCUT2D eigenvalue weighted by Gasteiger charge is -2.29. The molecule has 2 unspecified atom stereocenters. The Labute approximate surface area is 264 Å². The van der Waals surface area contributed by atoms with Gasteiger partial charge in [0.2, 0.25) is 0 Å². The molecular weight excluding hydrogens is 674 g/mol. The average Bonchev–Trinajstić information content (AvgIpc) is 3.50. The maximum absolute atomic E-state index is 14.0. The highest BCUT2D eigenvalue weighted by molar-refractivity contribution is 7.95. The van der Waals surface area contributed by atoms with Crippen molar-refractivity contribution in [2.75, 3.05) is 12.8 Å². The molecule has 8 heteroatoms. The lowest BCUT2D eigenvalue weighted by atomic mass is 10.1. The van der Waals surface area contributed by atoms with Crippen molar-refractivity contribution < 1.29 is 51.1 Å². The van der Waals surface area contributed by atoms with Crippen LogP contribution in [0.15, 0.2) is 103 Å². The van der Waals surface area contributed by atoms with E-state index in [4.69, 9.17) is 0 Å². The van der Waals surface area contributed by atoms with Crippen LogP contribution in [0.25, 0.3) is 0 Å². The molecule has 0 saturated heterocycles. The Morgan fingerprint density at radius 2 is 1.10 bits per heavy atom. The number of benzene rings is 3. The van der Waals surface area contributed by atoms with Crippen LogP contribution in [0.5, 0.6) is 0 Å². The van der Waals surface area contributed by atoms with Gasteiger partial charge in [0.05, 0.1) is 12.8 Å². The molecule has 5 rings (SSSR count). The molecular formula is C34H38F4IO2P. The number of allylic oxidation sites excluding steroid dienone is 1. The van der Waals surface area contributed by atoms with Crippen molar-refractivity contribution in [1.82, 2.24) is 0 Å². The molecule has 0 aliphatic heterocycles. The van der Waals surface area contributed by atoms with Crippen LogP contribution in [0.2, 0.25) is 0 Å². The van der Waals surface area contributed by atoms with Gasteiger partial charge in [0, 0.05) is 6.08 Å². The molecule has 0 radical (unpaired) electrons. The van der Waals surface area contributed by atoms with Crippen molar-refractivity contribution in [1.29, 1.82) is 0 Å². The molecule has 6 atom stereocenters. The molecule has 3 aromatic carbocycles. The summed E-state index contributed by atoms with van der Waals surface area (Å²) in [6.45, 7) is 2.02. The zero-order valence-electron chi connectivity index (χ0n) is 23.7. The van der Waals surface area contributed by atoms with Gasteiger partial charge in [0.15, 0.2) is 0 Å². The largest absolute Gasteiger partial charge is 1.00 e. The third-order valence-electron chi connectivity index (χ3n) is 7.87. The Kier molecular flexibility index (Phi) is 13.5. The van der Waals surface area contributed by atoms with E-state index < -0.39 is 37.9 Å². The van der Waals surface area contributed by atoms with Gasteiger partial charge in [-0.3, -0.25) is 0 Å². The summed E-state index contributed by atoms with van der Waals surface area (Å²) in [4.78, 5) is 10.9. The van der Waals surface area contributed by atoms with E-state index in [1.54, 1.807) is 6.92 Å². The molecule has 2 nitrogen and oxygen atoms in total. The number of alkyl halides is 4. The lowest BCUT2D eigenvalue weighted by molar-refractivity contribution is -0.137. The molecule has 0 heterocycles. The summed E-state index contributed by atoms with van der Waals surface area (Å²) < 4.78 is 58.0. The first-order chi connectivity index (χ1) is 19.8. The van der Waals surface area contributed by atoms with Crippen molar-refractivity contribution in [3.05, 3.63) is 103 Å². The third-order valence-corrected chi connectivity index (χ3v) is 12.5. The summed E-state index contributed by atoms with van der Waals surface area (Å²) in [6, 6.07) is 31.6. The molecule has 0 N–H and O–H groups in total. The second-order valence-corrected chi connectivity index (χ2v) is 14.3. The second-order valence-electron chi connectivity index (χ2n) is 10.7. The number of hydrogen-bond acceptors (Lipinski definition) is 2. The van der Waals surface area contributed by atoms with E-state index in [9.17, 15) is 22.4 Å². The smallest absolute Gasteiger partial charge is 0.330 e. The van der Waals surface area contributed by atoms with Gasteiger partial charge in [0.1, 0.15) is 47.9 Å². The molecule has 0 aromatic heterocycles. The SMILES string of the molecule is CCOC(=O)/C=C\C1C[C@@H](F)[C@@H](F)C1.F[C@@H]1CC(C[P+](c2ccccc2)(c2ccccc2)c2ccccc2)C[C@@H]1F.[I-]. The highest BCUT2D eigenvalue weighted by Crippen LogP contribution is 2.58. The lowest BCUT2D eigenvalue weighted by Crippen LogP contribution is -3.00. The fourth-order valence-electron chi connectivity index (χ4n) is 5.91. The first-order valence-electron chi connectivity index (χ1n) is 14.3. The van der Waals surface area contributed by atoms with Crippen molar-refractivity contribution in [3.8, 4) is 0 Å². The van der Waals surface area contributed by atoms with Gasteiger partial charge in [-0.1, -0.05) is 60.7 Å². The molecule has 0 amide bonds. The molecule has 0 bridgehead atoms. The summed E-state index contributed by atoms with van der Waals surface area (Å²) in [5.41, 5.74) is 0. The number of hydrogen-bond donors (Lipinski definition) is 0. The number of esters is 1. The van der Waals surface area contributed by atoms with Crippen molar-refractivity contribution in [3.63, 3.8) is 0 Å². The molecule has 226 valence electrons. The van der Waals surface area contributed by atoms with Crippen LogP contribution in [0.3, 0.4) is 0 Å². The maximum Gasteiger partial charge on any atom is 0.330 e. The van der Waals surface area contributed by atoms with Crippen LogP contribution in [0, 0.1) is 11.8 Å². The van der Waals surface area contributed by atoms with Gasteiger partial charge in [-0.2, -0.15) is 0 Å². The zero-order chi connectivity index (χ0) is 29.2. The van der Waals surface area contributed by atoms with E-state index in [0.29, 0.717) is 19.4 Å². The fourth-order valence-corrected chi connectivity index (χ4v) is 10.6. The van der Waals surface area contributed by atoms with Crippen LogP contribution < -0.4 is 39.9 Å². The molecule has 0 spiro atoms. The molecule has 2 fully saturated rings. The van der Waals surface area contributed by atoms with E-state index in [1.165, 1.54) is 28.1 Å². The Balaban J connectivity index is 0.000000275. The minimum absolute atomic E-state index is 0. The predicted octanol–water partition coefficient (Wildman–Crippen LogP) is 4.26. The standard InChI is InChI=1S/C24H24F2P.C10H14F2O2.HI/c25-23-16-19(17-24(23)26)18-27(20-10-4-1-5-11-20,21-12-6-2-7-13-21)22-14-8-3-9-15-22;1-2-14-10(13)4-3-7-5-8(11)9(12)6-7;/h1-15,19,23-24H,16-18H2;3-4,7-9H,2,5-6H2,1H3;1H/q+1;;/p-1/b;4-3-;/t19?,23-,24+;7?,8-,9+;. The Bertz CT molecular complexity index is 1130. The Hall–Kier alpha value is -2.25. The number of carbonyl (C=O) groups excluding carboxylic acids is 1. The van der Waals surface area contributed by atoms with Gasteiger partial charge in [0.25, 0.3) is 0 Å². The van der Waals surface area contributed by atoms with E-state index in [0.717, 1.165) is 6.16 Å². The maximum atomic E-state index is 14.0. The van der Waals surface area contributed by atoms with Crippen LogP contribution in [0.4, 0.5) is 17.6 Å². The molecule has 42 heavy (non-hydrogen) atoms. The summed E-state index contributed by atoms with van der Waals surface area (Å²) in [5, 5.41) is 3.83. The quantitative estimate of drug-likeness (QED) is 0.115. The minimum Gasteiger partial charge on any atom is -1.00 e. The predicted molar refractivity (Wildman–Crippen MR) is 161 cm³/mol. The van der Waals surface area contributed by atoms with E-state index in [2.05, 4.69) is 77.5 Å². The summed E-state index contributed by atoms with van der Waals surface area (Å²) in [7, 11) is -1.99. The van der Waals surface area contributed by atoms with Crippen LogP contribution in [0.1, 0.15) is 32.6 Å². The number of carbonyl (C=O) groups is 1. The molecule has 3 aromatic rings. The monoisotopic (exact) mass is 712 g/mol. The van der Waals surface area contributed by atoms with Crippen molar-refractivity contribution in [2.45, 2.75) is 57.3 Å². The number of halogens is 5. The first-order valence-corrected chi connectivity index (χ1v) is 16.3. The summed E-state index contributed by atoms with van der Waals surface area (Å²) in [5.74, 6) is -0.571. The van der Waals surface area contributed by atoms with E-state index in [1.807, 2.05) is 18.2 Å². The Morgan fingerprint density at radius 3 is 1.48 bits per heavy atom. The normalized spacial score (nSPS) is 25.4. The minimum atomic E-state index is -1.99. The van der Waals surface area contributed by atoms with Gasteiger partial charge < -0.3 is 28.7 Å². The molecule has 2 saturated carbocycles. The number of rotatable bonds is 8. The number of ether oxygens (including phenoxy) is 1. The fraction of sp³-hybridized carbons (Fsp3) is 0.382. The van der Waals surface area contributed by atoms with E-state index in [-0.39, 0.29) is 48.7 Å². The van der Waals surface area contributed by atoms with Gasteiger partial charge >= 0.3 is 5.97 Å². The average molecular weight is 713 g/mol. The highest BCUT2D eigenvalue weighted by atomic mass is 127. The molecule has 2 aliphatic rings. The topological polar surface area (TPSA) is 26.3 Å². The summed E-state index contributed by atoms with van der Waals surface area (Å²) in [6.07, 6.45) is -0.828. The van der Waals surface area contributed by atoms with Gasteiger partial charge in [-0.25, -0.2) is 22.4 Å². The van der Waals surface area contributed by atoms with Crippen molar-refractivity contribution >= 4 is 29.1 Å². The Morgan fingerprint density at radius 1 is 0.714 bits per heavy atom. The van der Waals surface area contributed by atoms with Gasteiger partial charge in [-0.15, -0.1) is 0 Å². The van der Waals surface area contributed by atoms with Crippen LogP contribution in [-0.2, 0) is 9.53 Å². The van der Waals surface area contributed by atoms with E-state index >= 15 is 0 Å². The third kappa shape index (κ3) is 8.66. The summed E-state index contributed by atoms with van der Waals surface area (Å²) >= 11 is 0. The zero-order valence-corrected chi connectivity index (χ0v) is 26.7. The van der Waals surface area contributed by atoms with Crippen molar-refractivity contribution in [2.24, 2.45) is 11.8 Å². The highest BCUT2D eigenvalue weighted by Gasteiger charge is 2.49. The van der Waals surface area contributed by atoms with Crippen LogP contribution >= 0.6 is 7.26 Å². The van der Waals surface area contributed by atoms with Gasteiger partial charge in [-0.05, 0) is 80.8 Å². The first kappa shape index (κ1) is 34.2. The second kappa shape index (κ2) is 16.6. The van der Waals surface area contributed by atoms with Crippen LogP contribution in [-0.4, -0.2) is 43.4 Å². The molecule has 2 aliphatic carbocycles.